The molecule has 7 heteroatoms. The Morgan fingerprint density at radius 2 is 2.05 bits per heavy atom. The summed E-state index contributed by atoms with van der Waals surface area (Å²) in [6.45, 7) is 3.87. The van der Waals surface area contributed by atoms with Gasteiger partial charge >= 0.3 is 5.97 Å². The molecule has 6 nitrogen and oxygen atoms in total. The predicted molar refractivity (Wildman–Crippen MR) is 84.8 cm³/mol. The minimum atomic E-state index is -0.917. The van der Waals surface area contributed by atoms with Gasteiger partial charge in [-0.3, -0.25) is 14.4 Å². The van der Waals surface area contributed by atoms with Gasteiger partial charge in [-0.05, 0) is 26.0 Å². The third-order valence-corrected chi connectivity index (χ3v) is 4.05. The summed E-state index contributed by atoms with van der Waals surface area (Å²) < 4.78 is 5.06. The van der Waals surface area contributed by atoms with Crippen LogP contribution in [-0.4, -0.2) is 47.0 Å². The van der Waals surface area contributed by atoms with Crippen LogP contribution in [0.1, 0.15) is 12.5 Å². The molecule has 0 bridgehead atoms. The Balaban J connectivity index is 1.81. The van der Waals surface area contributed by atoms with E-state index in [0.29, 0.717) is 18.0 Å². The molecule has 0 radical (unpaired) electrons. The summed E-state index contributed by atoms with van der Waals surface area (Å²) in [5.74, 6) is -0.308. The molecule has 2 rings (SSSR count). The van der Waals surface area contributed by atoms with E-state index in [4.69, 9.17) is 4.74 Å². The third-order valence-electron chi connectivity index (χ3n) is 3.16. The number of anilines is 1. The van der Waals surface area contributed by atoms with E-state index in [0.717, 1.165) is 5.56 Å². The van der Waals surface area contributed by atoms with Crippen LogP contribution in [0.15, 0.2) is 24.3 Å². The number of hydrogen-bond acceptors (Lipinski definition) is 5. The van der Waals surface area contributed by atoms with Gasteiger partial charge in [-0.25, -0.2) is 0 Å². The van der Waals surface area contributed by atoms with Gasteiger partial charge in [-0.2, -0.15) is 0 Å². The Kier molecular flexibility index (Phi) is 5.43. The molecule has 0 spiro atoms. The zero-order valence-electron chi connectivity index (χ0n) is 12.5. The van der Waals surface area contributed by atoms with Crippen LogP contribution in [0, 0.1) is 6.92 Å². The van der Waals surface area contributed by atoms with E-state index in [-0.39, 0.29) is 11.8 Å². The predicted octanol–water partition coefficient (Wildman–Crippen LogP) is 2.03. The van der Waals surface area contributed by atoms with Crippen molar-refractivity contribution in [2.45, 2.75) is 20.0 Å². The molecule has 1 saturated heterocycles. The van der Waals surface area contributed by atoms with Gasteiger partial charge in [0.1, 0.15) is 6.54 Å². The number of carbonyl (C=O) groups is 3. The highest BCUT2D eigenvalue weighted by Gasteiger charge is 2.25. The molecule has 1 atom stereocenters. The fourth-order valence-corrected chi connectivity index (χ4v) is 2.72. The standard InChI is InChI=1S/C15H18N2O4S/c1-10-3-5-12(6-4-10)16-14(19)11(2)21-13(18)9-17-7-8-22-15(17)20/h3-6,11H,7-9H2,1-2H3,(H,16,19)/t11-/m0/s1. The van der Waals surface area contributed by atoms with Gasteiger partial charge < -0.3 is 15.0 Å². The summed E-state index contributed by atoms with van der Waals surface area (Å²) in [6, 6.07) is 7.32. The van der Waals surface area contributed by atoms with Crippen LogP contribution in [0.5, 0.6) is 0 Å². The second-order valence-corrected chi connectivity index (χ2v) is 6.07. The van der Waals surface area contributed by atoms with E-state index in [1.807, 2.05) is 19.1 Å². The number of rotatable bonds is 5. The molecular weight excluding hydrogens is 304 g/mol. The molecule has 0 aromatic heterocycles. The molecule has 1 aromatic rings. The molecule has 118 valence electrons. The number of amides is 2. The van der Waals surface area contributed by atoms with Crippen molar-refractivity contribution in [3.63, 3.8) is 0 Å². The van der Waals surface area contributed by atoms with Crippen molar-refractivity contribution >= 4 is 34.6 Å². The highest BCUT2D eigenvalue weighted by Crippen LogP contribution is 2.17. The molecule has 1 heterocycles. The largest absolute Gasteiger partial charge is 0.451 e. The number of esters is 1. The quantitative estimate of drug-likeness (QED) is 0.840. The molecule has 1 aromatic carbocycles. The third kappa shape index (κ3) is 4.49. The summed E-state index contributed by atoms with van der Waals surface area (Å²) in [5, 5.41) is 2.55. The maximum absolute atomic E-state index is 12.0. The number of thioether (sulfide) groups is 1. The van der Waals surface area contributed by atoms with Gasteiger partial charge in [0.2, 0.25) is 0 Å². The van der Waals surface area contributed by atoms with Crippen molar-refractivity contribution in [2.24, 2.45) is 0 Å². The Morgan fingerprint density at radius 3 is 2.64 bits per heavy atom. The summed E-state index contributed by atoms with van der Waals surface area (Å²) in [4.78, 5) is 36.5. The molecule has 1 fully saturated rings. The first-order valence-corrected chi connectivity index (χ1v) is 7.93. The molecule has 2 amide bonds. The van der Waals surface area contributed by atoms with Crippen LogP contribution in [-0.2, 0) is 14.3 Å². The molecular formula is C15H18N2O4S. The van der Waals surface area contributed by atoms with Crippen LogP contribution in [0.4, 0.5) is 10.5 Å². The van der Waals surface area contributed by atoms with Crippen LogP contribution in [0.2, 0.25) is 0 Å². The number of carbonyl (C=O) groups excluding carboxylic acids is 3. The lowest BCUT2D eigenvalue weighted by molar-refractivity contribution is -0.153. The van der Waals surface area contributed by atoms with Crippen molar-refractivity contribution < 1.29 is 19.1 Å². The topological polar surface area (TPSA) is 75.7 Å². The van der Waals surface area contributed by atoms with Gasteiger partial charge in [-0.15, -0.1) is 0 Å². The van der Waals surface area contributed by atoms with Gasteiger partial charge in [0.15, 0.2) is 6.10 Å². The second-order valence-electron chi connectivity index (χ2n) is 5.02. The number of ether oxygens (including phenoxy) is 1. The lowest BCUT2D eigenvalue weighted by Crippen LogP contribution is -2.36. The summed E-state index contributed by atoms with van der Waals surface area (Å²) in [6.07, 6.45) is -0.917. The highest BCUT2D eigenvalue weighted by atomic mass is 32.2. The normalized spacial score (nSPS) is 15.5. The molecule has 1 aliphatic rings. The van der Waals surface area contributed by atoms with Crippen LogP contribution in [0.3, 0.4) is 0 Å². The molecule has 22 heavy (non-hydrogen) atoms. The maximum Gasteiger partial charge on any atom is 0.326 e. The van der Waals surface area contributed by atoms with E-state index in [2.05, 4.69) is 5.32 Å². The zero-order chi connectivity index (χ0) is 16.1. The number of nitrogens with one attached hydrogen (secondary N) is 1. The van der Waals surface area contributed by atoms with Gasteiger partial charge in [0, 0.05) is 18.0 Å². The number of aryl methyl sites for hydroxylation is 1. The lowest BCUT2D eigenvalue weighted by atomic mass is 10.2. The minimum Gasteiger partial charge on any atom is -0.451 e. The summed E-state index contributed by atoms with van der Waals surface area (Å²) in [7, 11) is 0. The average molecular weight is 322 g/mol. The maximum atomic E-state index is 12.0. The van der Waals surface area contributed by atoms with Gasteiger partial charge in [-0.1, -0.05) is 29.5 Å². The molecule has 1 N–H and O–H groups in total. The van der Waals surface area contributed by atoms with E-state index in [1.165, 1.54) is 23.6 Å². The smallest absolute Gasteiger partial charge is 0.326 e. The van der Waals surface area contributed by atoms with E-state index in [1.54, 1.807) is 12.1 Å². The molecule has 1 aliphatic heterocycles. The number of hydrogen-bond donors (Lipinski definition) is 1. The van der Waals surface area contributed by atoms with E-state index >= 15 is 0 Å². The average Bonchev–Trinajstić information content (AvgIpc) is 2.86. The minimum absolute atomic E-state index is 0.117. The van der Waals surface area contributed by atoms with Crippen LogP contribution < -0.4 is 5.32 Å². The number of benzene rings is 1. The first kappa shape index (κ1) is 16.4. The summed E-state index contributed by atoms with van der Waals surface area (Å²) in [5.41, 5.74) is 1.73. The van der Waals surface area contributed by atoms with E-state index < -0.39 is 18.0 Å². The fraction of sp³-hybridized carbons (Fsp3) is 0.400. The van der Waals surface area contributed by atoms with Crippen molar-refractivity contribution in [1.82, 2.24) is 4.90 Å². The lowest BCUT2D eigenvalue weighted by Gasteiger charge is -2.17. The van der Waals surface area contributed by atoms with Crippen molar-refractivity contribution in [2.75, 3.05) is 24.2 Å². The summed E-state index contributed by atoms with van der Waals surface area (Å²) >= 11 is 1.18. The molecule has 0 unspecified atom stereocenters. The zero-order valence-corrected chi connectivity index (χ0v) is 13.3. The fourth-order valence-electron chi connectivity index (χ4n) is 1.89. The van der Waals surface area contributed by atoms with Gasteiger partial charge in [0.05, 0.1) is 0 Å². The first-order chi connectivity index (χ1) is 10.5. The molecule has 0 aliphatic carbocycles. The highest BCUT2D eigenvalue weighted by molar-refractivity contribution is 8.13. The van der Waals surface area contributed by atoms with Crippen molar-refractivity contribution in [3.05, 3.63) is 29.8 Å². The Morgan fingerprint density at radius 1 is 1.36 bits per heavy atom. The first-order valence-electron chi connectivity index (χ1n) is 6.94. The van der Waals surface area contributed by atoms with Crippen LogP contribution in [0.25, 0.3) is 0 Å². The van der Waals surface area contributed by atoms with Crippen molar-refractivity contribution in [3.8, 4) is 0 Å². The van der Waals surface area contributed by atoms with Gasteiger partial charge in [0.25, 0.3) is 11.1 Å². The number of nitrogens with zero attached hydrogens (tertiary/aromatic N) is 1. The van der Waals surface area contributed by atoms with Crippen molar-refractivity contribution in [1.29, 1.82) is 0 Å². The Hall–Kier alpha value is -2.02. The SMILES string of the molecule is Cc1ccc(NC(=O)[C@H](C)OC(=O)CN2CCSC2=O)cc1. The monoisotopic (exact) mass is 322 g/mol. The van der Waals surface area contributed by atoms with Crippen LogP contribution >= 0.6 is 11.8 Å². The van der Waals surface area contributed by atoms with E-state index in [9.17, 15) is 14.4 Å². The Labute approximate surface area is 133 Å². The Bertz CT molecular complexity index is 573. The molecule has 0 saturated carbocycles. The second kappa shape index (κ2) is 7.31.